The van der Waals surface area contributed by atoms with Crippen molar-refractivity contribution in [2.24, 2.45) is 0 Å². The molecule has 0 bridgehead atoms. The summed E-state index contributed by atoms with van der Waals surface area (Å²) in [5.74, 6) is -0.806. The third-order valence-electron chi connectivity index (χ3n) is 5.37. The Kier molecular flexibility index (Phi) is 4.15. The second-order valence-electron chi connectivity index (χ2n) is 7.09. The highest BCUT2D eigenvalue weighted by Gasteiger charge is 2.27. The van der Waals surface area contributed by atoms with Gasteiger partial charge in [0, 0.05) is 22.6 Å². The van der Waals surface area contributed by atoms with Crippen LogP contribution in [0.1, 0.15) is 60.2 Å². The topological polar surface area (TPSA) is 82.2 Å². The zero-order chi connectivity index (χ0) is 18.3. The molecule has 2 aromatic rings. The standard InChI is InChI=1S/C21H22N2O3/c1-2-12-6-7-19-16(8-12)17(21(26)23-19)11-14-10-15-13(9-20(24)25)4-3-5-18(15)22-14/h6-8,10-11,13,22H,2-5,9H2,1H3,(H,23,26)(H,24,25). The molecule has 5 nitrogen and oxygen atoms in total. The molecule has 0 radical (unpaired) electrons. The van der Waals surface area contributed by atoms with Crippen LogP contribution in [0.2, 0.25) is 0 Å². The number of carboxylic acid groups (broad SMARTS) is 1. The van der Waals surface area contributed by atoms with Crippen LogP contribution in [0.4, 0.5) is 5.69 Å². The summed E-state index contributed by atoms with van der Waals surface area (Å²) in [6, 6.07) is 8.07. The fraction of sp³-hybridized carbons (Fsp3) is 0.333. The zero-order valence-electron chi connectivity index (χ0n) is 14.8. The highest BCUT2D eigenvalue weighted by atomic mass is 16.4. The fourth-order valence-electron chi connectivity index (χ4n) is 4.04. The summed E-state index contributed by atoms with van der Waals surface area (Å²) in [4.78, 5) is 26.9. The van der Waals surface area contributed by atoms with Gasteiger partial charge in [0.25, 0.3) is 5.91 Å². The fourth-order valence-corrected chi connectivity index (χ4v) is 4.04. The molecule has 1 atom stereocenters. The van der Waals surface area contributed by atoms with Gasteiger partial charge in [0.15, 0.2) is 0 Å². The minimum atomic E-state index is -0.764. The van der Waals surface area contributed by atoms with E-state index in [1.165, 1.54) is 5.56 Å². The van der Waals surface area contributed by atoms with Gasteiger partial charge in [-0.1, -0.05) is 13.0 Å². The predicted molar refractivity (Wildman–Crippen MR) is 101 cm³/mol. The van der Waals surface area contributed by atoms with Crippen LogP contribution in [0.5, 0.6) is 0 Å². The molecule has 1 amide bonds. The quantitative estimate of drug-likeness (QED) is 0.730. The minimum absolute atomic E-state index is 0.0519. The molecule has 2 aliphatic rings. The monoisotopic (exact) mass is 350 g/mol. The number of carboxylic acids is 1. The van der Waals surface area contributed by atoms with E-state index >= 15 is 0 Å². The van der Waals surface area contributed by atoms with Crippen LogP contribution in [0.3, 0.4) is 0 Å². The average molecular weight is 350 g/mol. The van der Waals surface area contributed by atoms with Crippen LogP contribution in [0, 0.1) is 0 Å². The van der Waals surface area contributed by atoms with Crippen molar-refractivity contribution >= 4 is 29.2 Å². The van der Waals surface area contributed by atoms with Crippen molar-refractivity contribution in [3.05, 3.63) is 52.3 Å². The highest BCUT2D eigenvalue weighted by molar-refractivity contribution is 6.34. The number of fused-ring (bicyclic) bond motifs is 2. The van der Waals surface area contributed by atoms with Crippen LogP contribution in [-0.2, 0) is 22.4 Å². The first-order chi connectivity index (χ1) is 12.5. The van der Waals surface area contributed by atoms with Crippen molar-refractivity contribution in [1.82, 2.24) is 4.98 Å². The summed E-state index contributed by atoms with van der Waals surface area (Å²) < 4.78 is 0. The highest BCUT2D eigenvalue weighted by Crippen LogP contribution is 2.37. The Morgan fingerprint density at radius 3 is 2.96 bits per heavy atom. The van der Waals surface area contributed by atoms with Crippen LogP contribution < -0.4 is 5.32 Å². The SMILES string of the molecule is CCc1ccc2c(c1)C(=Cc1cc3c([nH]1)CCCC3CC(=O)O)C(=O)N2. The lowest BCUT2D eigenvalue weighted by Gasteiger charge is -2.20. The number of benzene rings is 1. The number of carbonyl (C=O) groups is 2. The predicted octanol–water partition coefficient (Wildman–Crippen LogP) is 3.96. The van der Waals surface area contributed by atoms with Gasteiger partial charge in [-0.25, -0.2) is 0 Å². The molecule has 1 aromatic carbocycles. The Balaban J connectivity index is 1.71. The van der Waals surface area contributed by atoms with Gasteiger partial charge in [0.1, 0.15) is 0 Å². The lowest BCUT2D eigenvalue weighted by molar-refractivity contribution is -0.137. The summed E-state index contributed by atoms with van der Waals surface area (Å²) >= 11 is 0. The minimum Gasteiger partial charge on any atom is -0.481 e. The molecule has 26 heavy (non-hydrogen) atoms. The first-order valence-corrected chi connectivity index (χ1v) is 9.15. The number of aryl methyl sites for hydroxylation is 2. The van der Waals surface area contributed by atoms with Crippen LogP contribution in [0.25, 0.3) is 11.6 Å². The summed E-state index contributed by atoms with van der Waals surface area (Å²) in [5, 5.41) is 12.1. The molecule has 5 heteroatoms. The van der Waals surface area contributed by atoms with Gasteiger partial charge in [-0.05, 0) is 67.0 Å². The lowest BCUT2D eigenvalue weighted by atomic mass is 9.85. The molecule has 0 spiro atoms. The number of aliphatic carboxylic acids is 1. The number of carbonyl (C=O) groups excluding carboxylic acids is 1. The van der Waals surface area contributed by atoms with Crippen molar-refractivity contribution in [3.63, 3.8) is 0 Å². The van der Waals surface area contributed by atoms with E-state index in [0.717, 1.165) is 53.9 Å². The van der Waals surface area contributed by atoms with Crippen molar-refractivity contribution in [2.45, 2.75) is 44.9 Å². The molecule has 3 N–H and O–H groups in total. The molecule has 4 rings (SSSR count). The molecule has 1 aliphatic carbocycles. The Bertz CT molecular complexity index is 923. The van der Waals surface area contributed by atoms with Crippen LogP contribution in [-0.4, -0.2) is 22.0 Å². The number of hydrogen-bond acceptors (Lipinski definition) is 2. The maximum atomic E-state index is 12.4. The lowest BCUT2D eigenvalue weighted by Crippen LogP contribution is -2.12. The van der Waals surface area contributed by atoms with E-state index < -0.39 is 5.97 Å². The molecular weight excluding hydrogens is 328 g/mol. The van der Waals surface area contributed by atoms with E-state index in [4.69, 9.17) is 5.11 Å². The van der Waals surface area contributed by atoms with Gasteiger partial charge >= 0.3 is 5.97 Å². The normalized spacial score (nSPS) is 20.0. The first-order valence-electron chi connectivity index (χ1n) is 9.15. The van der Waals surface area contributed by atoms with Crippen molar-refractivity contribution in [3.8, 4) is 0 Å². The maximum Gasteiger partial charge on any atom is 0.303 e. The maximum absolute atomic E-state index is 12.4. The number of hydrogen-bond donors (Lipinski definition) is 3. The van der Waals surface area contributed by atoms with Crippen molar-refractivity contribution < 1.29 is 14.7 Å². The molecule has 1 unspecified atom stereocenters. The van der Waals surface area contributed by atoms with E-state index in [0.29, 0.717) is 5.57 Å². The molecule has 2 heterocycles. The number of amides is 1. The average Bonchev–Trinajstić information content (AvgIpc) is 3.16. The Morgan fingerprint density at radius 1 is 1.35 bits per heavy atom. The molecule has 134 valence electrons. The van der Waals surface area contributed by atoms with E-state index in [1.807, 2.05) is 24.3 Å². The van der Waals surface area contributed by atoms with E-state index in [1.54, 1.807) is 0 Å². The largest absolute Gasteiger partial charge is 0.481 e. The second-order valence-corrected chi connectivity index (χ2v) is 7.09. The number of aromatic nitrogens is 1. The van der Waals surface area contributed by atoms with Gasteiger partial charge in [-0.3, -0.25) is 9.59 Å². The third kappa shape index (κ3) is 2.94. The van der Waals surface area contributed by atoms with Crippen molar-refractivity contribution in [1.29, 1.82) is 0 Å². The van der Waals surface area contributed by atoms with E-state index in [9.17, 15) is 9.59 Å². The van der Waals surface area contributed by atoms with Gasteiger partial charge in [-0.15, -0.1) is 0 Å². The Hall–Kier alpha value is -2.82. The number of anilines is 1. The molecule has 0 saturated carbocycles. The third-order valence-corrected chi connectivity index (χ3v) is 5.37. The number of nitrogens with one attached hydrogen (secondary N) is 2. The van der Waals surface area contributed by atoms with Gasteiger partial charge in [-0.2, -0.15) is 0 Å². The summed E-state index contributed by atoms with van der Waals surface area (Å²) in [7, 11) is 0. The van der Waals surface area contributed by atoms with E-state index in [2.05, 4.69) is 23.3 Å². The molecule has 0 fully saturated rings. The second kappa shape index (κ2) is 6.48. The first kappa shape index (κ1) is 16.6. The molecular formula is C21H22N2O3. The number of aromatic amines is 1. The summed E-state index contributed by atoms with van der Waals surface area (Å²) in [5.41, 5.74) is 6.69. The number of H-pyrrole nitrogens is 1. The molecule has 0 saturated heterocycles. The smallest absolute Gasteiger partial charge is 0.303 e. The van der Waals surface area contributed by atoms with Crippen LogP contribution in [0.15, 0.2) is 24.3 Å². The van der Waals surface area contributed by atoms with Crippen molar-refractivity contribution in [2.75, 3.05) is 5.32 Å². The van der Waals surface area contributed by atoms with Crippen LogP contribution >= 0.6 is 0 Å². The molecule has 1 aliphatic heterocycles. The number of rotatable bonds is 4. The van der Waals surface area contributed by atoms with E-state index in [-0.39, 0.29) is 18.2 Å². The van der Waals surface area contributed by atoms with Gasteiger partial charge in [0.2, 0.25) is 0 Å². The summed E-state index contributed by atoms with van der Waals surface area (Å²) in [6.07, 6.45) is 5.78. The zero-order valence-corrected chi connectivity index (χ0v) is 14.8. The Morgan fingerprint density at radius 2 is 2.19 bits per heavy atom. The Labute approximate surface area is 152 Å². The van der Waals surface area contributed by atoms with Gasteiger partial charge < -0.3 is 15.4 Å². The molecule has 1 aromatic heterocycles. The van der Waals surface area contributed by atoms with Gasteiger partial charge in [0.05, 0.1) is 12.0 Å². The summed E-state index contributed by atoms with van der Waals surface area (Å²) in [6.45, 7) is 2.09.